The lowest BCUT2D eigenvalue weighted by Gasteiger charge is -2.39. The molecule has 0 aromatic heterocycles. The normalized spacial score (nSPS) is 20.8. The Labute approximate surface area is 359 Å². The van der Waals surface area contributed by atoms with Crippen molar-refractivity contribution >= 4 is 5.97 Å². The van der Waals surface area contributed by atoms with Crippen molar-refractivity contribution in [3.8, 4) is 0 Å². The van der Waals surface area contributed by atoms with Crippen LogP contribution in [0.15, 0.2) is 72.9 Å². The van der Waals surface area contributed by atoms with Crippen LogP contribution in [-0.4, -0.2) is 89.6 Å². The minimum atomic E-state index is -1.54. The van der Waals surface area contributed by atoms with E-state index < -0.39 is 43.4 Å². The standard InChI is InChI=1S/C50H86O9/c1-3-5-7-9-11-13-15-17-18-19-20-21-22-23-24-25-26-27-29-31-33-35-37-39-46(52)58-44(43-57-50-49(55)48(54)47(53)45(41-51)59-50)42-56-40-38-36-34-32-30-28-16-14-12-10-8-6-4-2/h5,7,11-14,17-18,20-21,23-24,44-45,47-51,53-55H,3-4,6,8-10,15-16,19,22,25-43H2,1-2H3/b7-5-,13-11-,14-12-,18-17-,21-20-,24-23-. The molecule has 340 valence electrons. The summed E-state index contributed by atoms with van der Waals surface area (Å²) in [6, 6.07) is 0. The zero-order chi connectivity index (χ0) is 42.9. The molecule has 1 heterocycles. The fourth-order valence-electron chi connectivity index (χ4n) is 6.69. The predicted molar refractivity (Wildman–Crippen MR) is 242 cm³/mol. The van der Waals surface area contributed by atoms with E-state index in [0.29, 0.717) is 13.0 Å². The number of rotatable bonds is 39. The number of aliphatic hydroxyl groups is 4. The summed E-state index contributed by atoms with van der Waals surface area (Å²) in [5, 5.41) is 40.1. The van der Waals surface area contributed by atoms with E-state index in [1.807, 2.05) is 0 Å². The lowest BCUT2D eigenvalue weighted by atomic mass is 9.99. The van der Waals surface area contributed by atoms with Crippen LogP contribution in [0.25, 0.3) is 0 Å². The summed E-state index contributed by atoms with van der Waals surface area (Å²) < 4.78 is 22.8. The number of unbranched alkanes of at least 4 members (excludes halogenated alkanes) is 16. The zero-order valence-corrected chi connectivity index (χ0v) is 37.2. The molecule has 0 amide bonds. The Morgan fingerprint density at radius 3 is 1.58 bits per heavy atom. The van der Waals surface area contributed by atoms with Gasteiger partial charge in [-0.15, -0.1) is 0 Å². The molecule has 0 saturated carbocycles. The van der Waals surface area contributed by atoms with Gasteiger partial charge in [0.25, 0.3) is 0 Å². The highest BCUT2D eigenvalue weighted by Crippen LogP contribution is 2.22. The number of carbonyl (C=O) groups excluding carboxylic acids is 1. The van der Waals surface area contributed by atoms with Crippen molar-refractivity contribution in [3.63, 3.8) is 0 Å². The van der Waals surface area contributed by atoms with Gasteiger partial charge in [-0.3, -0.25) is 4.79 Å². The summed E-state index contributed by atoms with van der Waals surface area (Å²) >= 11 is 0. The average molecular weight is 831 g/mol. The number of carbonyl (C=O) groups is 1. The Morgan fingerprint density at radius 2 is 1.03 bits per heavy atom. The van der Waals surface area contributed by atoms with Crippen LogP contribution in [0.5, 0.6) is 0 Å². The van der Waals surface area contributed by atoms with Crippen molar-refractivity contribution in [1.29, 1.82) is 0 Å². The molecule has 59 heavy (non-hydrogen) atoms. The molecule has 1 aliphatic heterocycles. The predicted octanol–water partition coefficient (Wildman–Crippen LogP) is 10.9. The molecule has 6 unspecified atom stereocenters. The van der Waals surface area contributed by atoms with Crippen molar-refractivity contribution in [2.24, 2.45) is 0 Å². The van der Waals surface area contributed by atoms with Crippen LogP contribution in [0.3, 0.4) is 0 Å². The van der Waals surface area contributed by atoms with Crippen LogP contribution in [0.4, 0.5) is 0 Å². The second kappa shape index (κ2) is 41.0. The Kier molecular flexibility index (Phi) is 38.0. The summed E-state index contributed by atoms with van der Waals surface area (Å²) in [5.41, 5.74) is 0. The molecule has 0 aliphatic carbocycles. The second-order valence-electron chi connectivity index (χ2n) is 15.8. The number of allylic oxidation sites excluding steroid dienone is 12. The first-order valence-electron chi connectivity index (χ1n) is 23.5. The number of hydrogen-bond acceptors (Lipinski definition) is 9. The molecule has 1 rings (SSSR count). The van der Waals surface area contributed by atoms with E-state index in [4.69, 9.17) is 18.9 Å². The SMILES string of the molecule is CC/C=C\C/C=C\C/C=C\C/C=C\C/C=C\CCCCCCCCCC(=O)OC(COCCCCCCCC/C=C\CCCCC)COC1OC(CO)C(O)C(O)C1O. The quantitative estimate of drug-likeness (QED) is 0.0271. The third-order valence-electron chi connectivity index (χ3n) is 10.4. The summed E-state index contributed by atoms with van der Waals surface area (Å²) in [7, 11) is 0. The molecule has 6 atom stereocenters. The highest BCUT2D eigenvalue weighted by molar-refractivity contribution is 5.69. The van der Waals surface area contributed by atoms with Gasteiger partial charge in [-0.25, -0.2) is 0 Å². The summed E-state index contributed by atoms with van der Waals surface area (Å²) in [6.45, 7) is 4.39. The monoisotopic (exact) mass is 831 g/mol. The highest BCUT2D eigenvalue weighted by atomic mass is 16.7. The minimum absolute atomic E-state index is 0.124. The smallest absolute Gasteiger partial charge is 0.306 e. The van der Waals surface area contributed by atoms with Crippen molar-refractivity contribution < 1.29 is 44.2 Å². The molecule has 1 fully saturated rings. The molecule has 0 spiro atoms. The van der Waals surface area contributed by atoms with Crippen molar-refractivity contribution in [2.75, 3.05) is 26.4 Å². The maximum atomic E-state index is 12.8. The van der Waals surface area contributed by atoms with Crippen LogP contribution in [0.1, 0.15) is 174 Å². The Morgan fingerprint density at radius 1 is 0.559 bits per heavy atom. The molecule has 0 aromatic rings. The van der Waals surface area contributed by atoms with Gasteiger partial charge in [0.15, 0.2) is 6.29 Å². The fraction of sp³-hybridized carbons (Fsp3) is 0.740. The van der Waals surface area contributed by atoms with Crippen LogP contribution in [-0.2, 0) is 23.7 Å². The Bertz CT molecular complexity index is 1130. The van der Waals surface area contributed by atoms with Gasteiger partial charge < -0.3 is 39.4 Å². The lowest BCUT2D eigenvalue weighted by molar-refractivity contribution is -0.305. The van der Waals surface area contributed by atoms with E-state index in [1.54, 1.807) is 0 Å². The fourth-order valence-corrected chi connectivity index (χ4v) is 6.69. The van der Waals surface area contributed by atoms with Gasteiger partial charge in [0.05, 0.1) is 19.8 Å². The van der Waals surface area contributed by atoms with E-state index in [-0.39, 0.29) is 19.2 Å². The molecule has 9 heteroatoms. The van der Waals surface area contributed by atoms with Crippen LogP contribution < -0.4 is 0 Å². The number of hydrogen-bond donors (Lipinski definition) is 4. The lowest BCUT2D eigenvalue weighted by Crippen LogP contribution is -2.59. The first kappa shape index (κ1) is 54.6. The maximum Gasteiger partial charge on any atom is 0.306 e. The van der Waals surface area contributed by atoms with Gasteiger partial charge in [-0.1, -0.05) is 157 Å². The van der Waals surface area contributed by atoms with Gasteiger partial charge in [0.2, 0.25) is 0 Å². The summed E-state index contributed by atoms with van der Waals surface area (Å²) in [6.07, 6.45) is 46.4. The molecule has 1 saturated heterocycles. The number of esters is 1. The molecular weight excluding hydrogens is 745 g/mol. The summed E-state index contributed by atoms with van der Waals surface area (Å²) in [5.74, 6) is -0.330. The summed E-state index contributed by atoms with van der Waals surface area (Å²) in [4.78, 5) is 12.8. The maximum absolute atomic E-state index is 12.8. The van der Waals surface area contributed by atoms with Crippen molar-refractivity contribution in [2.45, 2.75) is 211 Å². The van der Waals surface area contributed by atoms with E-state index in [1.165, 1.54) is 64.2 Å². The first-order chi connectivity index (χ1) is 28.9. The Balaban J connectivity index is 2.25. The van der Waals surface area contributed by atoms with Crippen LogP contribution in [0.2, 0.25) is 0 Å². The van der Waals surface area contributed by atoms with E-state index in [0.717, 1.165) is 89.9 Å². The minimum Gasteiger partial charge on any atom is -0.457 e. The van der Waals surface area contributed by atoms with E-state index in [9.17, 15) is 25.2 Å². The topological polar surface area (TPSA) is 135 Å². The van der Waals surface area contributed by atoms with Crippen molar-refractivity contribution in [1.82, 2.24) is 0 Å². The van der Waals surface area contributed by atoms with Crippen LogP contribution in [0, 0.1) is 0 Å². The molecule has 0 radical (unpaired) electrons. The third kappa shape index (κ3) is 32.1. The molecule has 1 aliphatic rings. The largest absolute Gasteiger partial charge is 0.457 e. The average Bonchev–Trinajstić information content (AvgIpc) is 3.24. The van der Waals surface area contributed by atoms with Gasteiger partial charge in [0.1, 0.15) is 30.5 Å². The van der Waals surface area contributed by atoms with Gasteiger partial charge in [0, 0.05) is 13.0 Å². The van der Waals surface area contributed by atoms with E-state index >= 15 is 0 Å². The number of aliphatic hydroxyl groups excluding tert-OH is 4. The van der Waals surface area contributed by atoms with Crippen molar-refractivity contribution in [3.05, 3.63) is 72.9 Å². The molecular formula is C50H86O9. The zero-order valence-electron chi connectivity index (χ0n) is 37.2. The molecule has 0 aromatic carbocycles. The van der Waals surface area contributed by atoms with Gasteiger partial charge in [-0.05, 0) is 83.5 Å². The first-order valence-corrected chi connectivity index (χ1v) is 23.5. The molecule has 9 nitrogen and oxygen atoms in total. The van der Waals surface area contributed by atoms with Gasteiger partial charge in [-0.2, -0.15) is 0 Å². The van der Waals surface area contributed by atoms with E-state index in [2.05, 4.69) is 86.8 Å². The molecule has 4 N–H and O–H groups in total. The second-order valence-corrected chi connectivity index (χ2v) is 15.8. The molecule has 0 bridgehead atoms. The number of ether oxygens (including phenoxy) is 4. The van der Waals surface area contributed by atoms with Gasteiger partial charge >= 0.3 is 5.97 Å². The highest BCUT2D eigenvalue weighted by Gasteiger charge is 2.44. The third-order valence-corrected chi connectivity index (χ3v) is 10.4. The van der Waals surface area contributed by atoms with Crippen LogP contribution >= 0.6 is 0 Å². The Hall–Kier alpha value is -2.37.